The minimum atomic E-state index is -0.515. The Balaban J connectivity index is 1.58. The minimum Gasteiger partial charge on any atom is -0.459 e. The molecule has 116 valence electrons. The second kappa shape index (κ2) is 6.56. The quantitative estimate of drug-likeness (QED) is 0.744. The number of furan rings is 1. The Morgan fingerprint density at radius 3 is 2.78 bits per heavy atom. The maximum absolute atomic E-state index is 12.0. The maximum atomic E-state index is 12.0. The van der Waals surface area contributed by atoms with Crippen molar-refractivity contribution >= 4 is 17.8 Å². The Hall–Kier alpha value is -3.42. The molecule has 23 heavy (non-hydrogen) atoms. The molecule has 8 nitrogen and oxygen atoms in total. The van der Waals surface area contributed by atoms with Crippen LogP contribution in [-0.2, 0) is 6.54 Å². The third-order valence-corrected chi connectivity index (χ3v) is 2.88. The number of amides is 2. The predicted molar refractivity (Wildman–Crippen MR) is 78.6 cm³/mol. The van der Waals surface area contributed by atoms with Crippen LogP contribution >= 0.6 is 0 Å². The van der Waals surface area contributed by atoms with Crippen LogP contribution in [0.5, 0.6) is 0 Å². The number of hydrogen-bond donors (Lipinski definition) is 2. The van der Waals surface area contributed by atoms with Gasteiger partial charge >= 0.3 is 6.01 Å². The molecule has 0 aromatic carbocycles. The van der Waals surface area contributed by atoms with Crippen molar-refractivity contribution in [3.8, 4) is 0 Å². The lowest BCUT2D eigenvalue weighted by molar-refractivity contribution is 0.0944. The summed E-state index contributed by atoms with van der Waals surface area (Å²) in [4.78, 5) is 31.6. The summed E-state index contributed by atoms with van der Waals surface area (Å²) in [6.07, 6.45) is 5.84. The largest absolute Gasteiger partial charge is 0.459 e. The molecule has 2 amide bonds. The Labute approximate surface area is 130 Å². The molecule has 0 aliphatic heterocycles. The van der Waals surface area contributed by atoms with Crippen molar-refractivity contribution in [2.24, 2.45) is 0 Å². The van der Waals surface area contributed by atoms with Crippen LogP contribution in [0.2, 0.25) is 0 Å². The van der Waals surface area contributed by atoms with Crippen molar-refractivity contribution in [3.63, 3.8) is 0 Å². The van der Waals surface area contributed by atoms with Crippen LogP contribution in [0.4, 0.5) is 6.01 Å². The molecule has 0 atom stereocenters. The first kappa shape index (κ1) is 14.5. The summed E-state index contributed by atoms with van der Waals surface area (Å²) >= 11 is 0. The van der Waals surface area contributed by atoms with Crippen molar-refractivity contribution in [1.82, 2.24) is 15.3 Å². The van der Waals surface area contributed by atoms with Gasteiger partial charge in [-0.05, 0) is 23.8 Å². The van der Waals surface area contributed by atoms with E-state index in [2.05, 4.69) is 20.6 Å². The SMILES string of the molecule is O=C(NCc1cccnc1)c1coc(NC(=O)c2ccco2)n1. The molecule has 8 heteroatoms. The van der Waals surface area contributed by atoms with Crippen molar-refractivity contribution in [1.29, 1.82) is 0 Å². The van der Waals surface area contributed by atoms with E-state index in [0.29, 0.717) is 6.54 Å². The van der Waals surface area contributed by atoms with Gasteiger partial charge in [0, 0.05) is 18.9 Å². The van der Waals surface area contributed by atoms with Crippen LogP contribution in [0.3, 0.4) is 0 Å². The summed E-state index contributed by atoms with van der Waals surface area (Å²) in [6.45, 7) is 0.313. The monoisotopic (exact) mass is 312 g/mol. The first-order valence-corrected chi connectivity index (χ1v) is 6.70. The number of pyridine rings is 1. The van der Waals surface area contributed by atoms with Gasteiger partial charge in [0.1, 0.15) is 6.26 Å². The van der Waals surface area contributed by atoms with Crippen molar-refractivity contribution in [2.45, 2.75) is 6.54 Å². The number of hydrogen-bond acceptors (Lipinski definition) is 6. The molecule has 0 bridgehead atoms. The van der Waals surface area contributed by atoms with E-state index in [1.54, 1.807) is 24.5 Å². The second-order valence-corrected chi connectivity index (χ2v) is 4.51. The Kier molecular flexibility index (Phi) is 4.14. The van der Waals surface area contributed by atoms with Crippen LogP contribution in [0, 0.1) is 0 Å². The van der Waals surface area contributed by atoms with Gasteiger partial charge in [-0.1, -0.05) is 6.07 Å². The van der Waals surface area contributed by atoms with Gasteiger partial charge in [-0.3, -0.25) is 19.9 Å². The molecule has 3 heterocycles. The highest BCUT2D eigenvalue weighted by atomic mass is 16.4. The van der Waals surface area contributed by atoms with Gasteiger partial charge in [0.2, 0.25) is 0 Å². The molecule has 0 aliphatic carbocycles. The van der Waals surface area contributed by atoms with Crippen LogP contribution in [0.15, 0.2) is 58.0 Å². The van der Waals surface area contributed by atoms with Crippen molar-refractivity contribution in [3.05, 3.63) is 66.2 Å². The van der Waals surface area contributed by atoms with E-state index in [1.807, 2.05) is 6.07 Å². The van der Waals surface area contributed by atoms with Gasteiger partial charge in [-0.2, -0.15) is 4.98 Å². The van der Waals surface area contributed by atoms with Gasteiger partial charge in [0.15, 0.2) is 11.5 Å². The van der Waals surface area contributed by atoms with Gasteiger partial charge in [-0.15, -0.1) is 0 Å². The van der Waals surface area contributed by atoms with Crippen LogP contribution in [-0.4, -0.2) is 21.8 Å². The smallest absolute Gasteiger partial charge is 0.302 e. The summed E-state index contributed by atoms with van der Waals surface area (Å²) < 4.78 is 9.99. The summed E-state index contributed by atoms with van der Waals surface area (Å²) in [7, 11) is 0. The lowest BCUT2D eigenvalue weighted by Gasteiger charge is -2.01. The van der Waals surface area contributed by atoms with Gasteiger partial charge in [0.05, 0.1) is 6.26 Å². The Morgan fingerprint density at radius 2 is 2.04 bits per heavy atom. The molecule has 0 aliphatic rings. The van der Waals surface area contributed by atoms with E-state index in [1.165, 1.54) is 12.3 Å². The number of carbonyl (C=O) groups excluding carboxylic acids is 2. The normalized spacial score (nSPS) is 10.3. The molecular weight excluding hydrogens is 300 g/mol. The zero-order valence-corrected chi connectivity index (χ0v) is 11.9. The minimum absolute atomic E-state index is 0.0589. The molecule has 0 radical (unpaired) electrons. The van der Waals surface area contributed by atoms with E-state index in [9.17, 15) is 9.59 Å². The second-order valence-electron chi connectivity index (χ2n) is 4.51. The first-order chi connectivity index (χ1) is 11.2. The van der Waals surface area contributed by atoms with Crippen LogP contribution < -0.4 is 10.6 Å². The number of carbonyl (C=O) groups is 2. The molecule has 0 unspecified atom stereocenters. The number of aromatic nitrogens is 2. The van der Waals surface area contributed by atoms with E-state index in [0.717, 1.165) is 11.8 Å². The van der Waals surface area contributed by atoms with E-state index in [4.69, 9.17) is 8.83 Å². The lowest BCUT2D eigenvalue weighted by Crippen LogP contribution is -2.23. The number of nitrogens with one attached hydrogen (secondary N) is 2. The highest BCUT2D eigenvalue weighted by Crippen LogP contribution is 2.10. The number of rotatable bonds is 5. The molecule has 0 spiro atoms. The summed E-state index contributed by atoms with van der Waals surface area (Å²) in [5.74, 6) is -0.818. The fourth-order valence-electron chi connectivity index (χ4n) is 1.78. The fourth-order valence-corrected chi connectivity index (χ4v) is 1.78. The van der Waals surface area contributed by atoms with Gasteiger partial charge in [0.25, 0.3) is 11.8 Å². The van der Waals surface area contributed by atoms with Gasteiger partial charge in [-0.25, -0.2) is 0 Å². The molecule has 3 aromatic rings. The highest BCUT2D eigenvalue weighted by molar-refractivity contribution is 6.01. The van der Waals surface area contributed by atoms with Crippen molar-refractivity contribution in [2.75, 3.05) is 5.32 Å². The Bertz CT molecular complexity index is 796. The summed E-state index contributed by atoms with van der Waals surface area (Å²) in [5.41, 5.74) is 0.916. The first-order valence-electron chi connectivity index (χ1n) is 6.70. The maximum Gasteiger partial charge on any atom is 0.302 e. The third-order valence-electron chi connectivity index (χ3n) is 2.88. The summed E-state index contributed by atoms with van der Waals surface area (Å²) in [6, 6.07) is 6.62. The molecule has 3 rings (SSSR count). The zero-order chi connectivity index (χ0) is 16.1. The topological polar surface area (TPSA) is 110 Å². The molecule has 2 N–H and O–H groups in total. The van der Waals surface area contributed by atoms with Gasteiger partial charge < -0.3 is 14.2 Å². The van der Waals surface area contributed by atoms with Crippen LogP contribution in [0.1, 0.15) is 26.6 Å². The molecular formula is C15H12N4O4. The molecule has 0 fully saturated rings. The average molecular weight is 312 g/mol. The molecule has 0 saturated heterocycles. The number of nitrogens with zero attached hydrogens (tertiary/aromatic N) is 2. The van der Waals surface area contributed by atoms with Crippen LogP contribution in [0.25, 0.3) is 0 Å². The standard InChI is InChI=1S/C15H12N4O4/c20-13(17-8-10-3-1-5-16-7-10)11-9-23-15(18-11)19-14(21)12-4-2-6-22-12/h1-7,9H,8H2,(H,17,20)(H,18,19,21). The fraction of sp³-hybridized carbons (Fsp3) is 0.0667. The third kappa shape index (κ3) is 3.62. The molecule has 0 saturated carbocycles. The average Bonchev–Trinajstić information content (AvgIpc) is 3.25. The van der Waals surface area contributed by atoms with E-state index < -0.39 is 11.8 Å². The lowest BCUT2D eigenvalue weighted by atomic mass is 10.3. The Morgan fingerprint density at radius 1 is 1.13 bits per heavy atom. The zero-order valence-electron chi connectivity index (χ0n) is 11.9. The highest BCUT2D eigenvalue weighted by Gasteiger charge is 2.15. The number of oxazole rings is 1. The molecule has 3 aromatic heterocycles. The van der Waals surface area contributed by atoms with E-state index >= 15 is 0 Å². The van der Waals surface area contributed by atoms with Crippen molar-refractivity contribution < 1.29 is 18.4 Å². The summed E-state index contributed by atoms with van der Waals surface area (Å²) in [5, 5.41) is 5.07. The number of anilines is 1. The van der Waals surface area contributed by atoms with E-state index in [-0.39, 0.29) is 17.5 Å². The predicted octanol–water partition coefficient (Wildman–Crippen LogP) is 1.84.